The van der Waals surface area contributed by atoms with E-state index in [1.54, 1.807) is 6.07 Å². The summed E-state index contributed by atoms with van der Waals surface area (Å²) in [5.41, 5.74) is 12.6. The van der Waals surface area contributed by atoms with E-state index in [0.29, 0.717) is 30.4 Å². The van der Waals surface area contributed by atoms with Gasteiger partial charge in [-0.05, 0) is 18.6 Å². The number of anilines is 3. The second kappa shape index (κ2) is 8.07. The maximum atomic E-state index is 11.8. The summed E-state index contributed by atoms with van der Waals surface area (Å²) in [7, 11) is 0. The number of nitrogens with two attached hydrogens (primary N) is 2. The maximum absolute atomic E-state index is 11.8. The minimum absolute atomic E-state index is 0.0530. The van der Waals surface area contributed by atoms with Crippen LogP contribution in [0, 0.1) is 0 Å². The Bertz CT molecular complexity index is 850. The second-order valence-electron chi connectivity index (χ2n) is 7.91. The second-order valence-corrected chi connectivity index (χ2v) is 7.91. The zero-order chi connectivity index (χ0) is 20.3. The molecule has 0 bridgehead atoms. The minimum atomic E-state index is -0.665. The molecule has 0 aliphatic carbocycles. The average Bonchev–Trinajstić information content (AvgIpc) is 2.61. The van der Waals surface area contributed by atoms with E-state index in [0.717, 1.165) is 12.1 Å². The van der Waals surface area contributed by atoms with Crippen molar-refractivity contribution < 1.29 is 9.53 Å². The summed E-state index contributed by atoms with van der Waals surface area (Å²) in [6.07, 6.45) is 1.17. The van der Waals surface area contributed by atoms with E-state index < -0.39 is 5.91 Å². The molecule has 1 amide bonds. The fourth-order valence-corrected chi connectivity index (χ4v) is 2.97. The van der Waals surface area contributed by atoms with Gasteiger partial charge in [0, 0.05) is 29.6 Å². The van der Waals surface area contributed by atoms with Crippen molar-refractivity contribution in [3.05, 3.63) is 35.7 Å². The van der Waals surface area contributed by atoms with Crippen LogP contribution in [0.4, 0.5) is 17.3 Å². The first-order chi connectivity index (χ1) is 13.2. The summed E-state index contributed by atoms with van der Waals surface area (Å²) in [6, 6.07) is 7.53. The smallest absolute Gasteiger partial charge is 0.271 e. The van der Waals surface area contributed by atoms with Crippen molar-refractivity contribution in [1.29, 1.82) is 0 Å². The SMILES string of the molecule is CC(C)(C)c1cccc(Nc2cc(N[C@@H]3CCOC(N)C3)nnc2C(N)=O)n1. The Balaban J connectivity index is 1.85. The van der Waals surface area contributed by atoms with Crippen LogP contribution in [-0.2, 0) is 10.2 Å². The summed E-state index contributed by atoms with van der Waals surface area (Å²) in [5.74, 6) is 0.460. The van der Waals surface area contributed by atoms with E-state index >= 15 is 0 Å². The van der Waals surface area contributed by atoms with Gasteiger partial charge in [-0.15, -0.1) is 10.2 Å². The van der Waals surface area contributed by atoms with Crippen LogP contribution >= 0.6 is 0 Å². The number of ether oxygens (including phenoxy) is 1. The fourth-order valence-electron chi connectivity index (χ4n) is 2.97. The van der Waals surface area contributed by atoms with E-state index in [9.17, 15) is 4.79 Å². The van der Waals surface area contributed by atoms with Crippen molar-refractivity contribution in [2.75, 3.05) is 17.2 Å². The Morgan fingerprint density at radius 1 is 1.25 bits per heavy atom. The summed E-state index contributed by atoms with van der Waals surface area (Å²) in [5, 5.41) is 14.5. The van der Waals surface area contributed by atoms with Crippen molar-refractivity contribution in [1.82, 2.24) is 15.2 Å². The van der Waals surface area contributed by atoms with Gasteiger partial charge in [0.2, 0.25) is 0 Å². The first-order valence-corrected chi connectivity index (χ1v) is 9.28. The molecule has 0 spiro atoms. The van der Waals surface area contributed by atoms with Crippen molar-refractivity contribution >= 4 is 23.2 Å². The molecule has 0 radical (unpaired) electrons. The number of rotatable bonds is 5. The Kier molecular flexibility index (Phi) is 5.76. The van der Waals surface area contributed by atoms with Gasteiger partial charge in [-0.2, -0.15) is 0 Å². The molecule has 2 atom stereocenters. The number of carbonyl (C=O) groups is 1. The molecule has 1 fully saturated rings. The zero-order valence-electron chi connectivity index (χ0n) is 16.4. The molecule has 2 aromatic rings. The van der Waals surface area contributed by atoms with Crippen molar-refractivity contribution in [3.8, 4) is 0 Å². The number of pyridine rings is 1. The maximum Gasteiger partial charge on any atom is 0.271 e. The number of primary amides is 1. The molecule has 0 saturated carbocycles. The molecule has 6 N–H and O–H groups in total. The van der Waals surface area contributed by atoms with Crippen LogP contribution in [-0.4, -0.2) is 40.0 Å². The van der Waals surface area contributed by atoms with Crippen LogP contribution < -0.4 is 22.1 Å². The van der Waals surface area contributed by atoms with Crippen molar-refractivity contribution in [2.24, 2.45) is 11.5 Å². The summed E-state index contributed by atoms with van der Waals surface area (Å²) in [6.45, 7) is 6.84. The lowest BCUT2D eigenvalue weighted by Gasteiger charge is -2.28. The van der Waals surface area contributed by atoms with Crippen LogP contribution in [0.5, 0.6) is 0 Å². The molecule has 1 unspecified atom stereocenters. The lowest BCUT2D eigenvalue weighted by Crippen LogP contribution is -2.39. The third-order valence-electron chi connectivity index (χ3n) is 4.47. The molecule has 28 heavy (non-hydrogen) atoms. The number of nitrogens with zero attached hydrogens (tertiary/aromatic N) is 3. The number of nitrogens with one attached hydrogen (secondary N) is 2. The normalized spacial score (nSPS) is 19.9. The van der Waals surface area contributed by atoms with Gasteiger partial charge >= 0.3 is 0 Å². The Hall–Kier alpha value is -2.78. The monoisotopic (exact) mass is 385 g/mol. The van der Waals surface area contributed by atoms with Gasteiger partial charge in [0.25, 0.3) is 5.91 Å². The fraction of sp³-hybridized carbons (Fsp3) is 0.474. The highest BCUT2D eigenvalue weighted by Gasteiger charge is 2.21. The molecule has 1 saturated heterocycles. The highest BCUT2D eigenvalue weighted by Crippen LogP contribution is 2.25. The van der Waals surface area contributed by atoms with Gasteiger partial charge in [-0.1, -0.05) is 26.8 Å². The predicted molar refractivity (Wildman–Crippen MR) is 107 cm³/mol. The average molecular weight is 385 g/mol. The van der Waals surface area contributed by atoms with Crippen LogP contribution in [0.25, 0.3) is 0 Å². The topological polar surface area (TPSA) is 141 Å². The van der Waals surface area contributed by atoms with Crippen LogP contribution in [0.15, 0.2) is 24.3 Å². The number of aromatic nitrogens is 3. The van der Waals surface area contributed by atoms with Gasteiger partial charge in [0.1, 0.15) is 12.0 Å². The first-order valence-electron chi connectivity index (χ1n) is 9.28. The van der Waals surface area contributed by atoms with Crippen LogP contribution in [0.1, 0.15) is 49.8 Å². The first kappa shape index (κ1) is 20.0. The lowest BCUT2D eigenvalue weighted by atomic mass is 9.92. The largest absolute Gasteiger partial charge is 0.366 e. The molecule has 2 aromatic heterocycles. The van der Waals surface area contributed by atoms with E-state index in [2.05, 4.69) is 46.6 Å². The standard InChI is InChI=1S/C19H27N7O2/c1-19(2,3)13-5-4-6-15(24-13)23-12-10-16(25-26-17(12)18(21)27)22-11-7-8-28-14(20)9-11/h4-6,10-11,14H,7-9,20H2,1-3H3,(H2,21,27)(H2,22,23,24,25)/t11-,14?/m1/s1. The molecule has 0 aromatic carbocycles. The number of amides is 1. The van der Waals surface area contributed by atoms with E-state index in [1.807, 2.05) is 18.2 Å². The highest BCUT2D eigenvalue weighted by atomic mass is 16.5. The van der Waals surface area contributed by atoms with E-state index in [4.69, 9.17) is 16.2 Å². The Morgan fingerprint density at radius 2 is 2.04 bits per heavy atom. The molecule has 9 heteroatoms. The van der Waals surface area contributed by atoms with Gasteiger partial charge in [0.15, 0.2) is 11.5 Å². The van der Waals surface area contributed by atoms with Gasteiger partial charge in [-0.3, -0.25) is 4.79 Å². The van der Waals surface area contributed by atoms with E-state index in [1.165, 1.54) is 0 Å². The Morgan fingerprint density at radius 3 is 2.71 bits per heavy atom. The lowest BCUT2D eigenvalue weighted by molar-refractivity contribution is 0.0154. The van der Waals surface area contributed by atoms with Gasteiger partial charge < -0.3 is 26.8 Å². The third kappa shape index (κ3) is 4.93. The van der Waals surface area contributed by atoms with Gasteiger partial charge in [-0.25, -0.2) is 4.98 Å². The number of carbonyl (C=O) groups excluding carboxylic acids is 1. The minimum Gasteiger partial charge on any atom is -0.366 e. The quantitative estimate of drug-likeness (QED) is 0.611. The zero-order valence-corrected chi connectivity index (χ0v) is 16.4. The summed E-state index contributed by atoms with van der Waals surface area (Å²) >= 11 is 0. The molecule has 3 rings (SSSR count). The van der Waals surface area contributed by atoms with E-state index in [-0.39, 0.29) is 23.4 Å². The molecular formula is C19H27N7O2. The number of hydrogen-bond acceptors (Lipinski definition) is 8. The van der Waals surface area contributed by atoms with Crippen LogP contribution in [0.2, 0.25) is 0 Å². The van der Waals surface area contributed by atoms with Crippen LogP contribution in [0.3, 0.4) is 0 Å². The number of hydrogen-bond donors (Lipinski definition) is 4. The van der Waals surface area contributed by atoms with Crippen molar-refractivity contribution in [3.63, 3.8) is 0 Å². The molecular weight excluding hydrogens is 358 g/mol. The molecule has 150 valence electrons. The van der Waals surface area contributed by atoms with Crippen molar-refractivity contribution in [2.45, 2.75) is 51.3 Å². The molecule has 1 aliphatic heterocycles. The summed E-state index contributed by atoms with van der Waals surface area (Å²) < 4.78 is 5.36. The molecule has 1 aliphatic rings. The van der Waals surface area contributed by atoms with Gasteiger partial charge in [0.05, 0.1) is 12.3 Å². The molecule has 3 heterocycles. The predicted octanol–water partition coefficient (Wildman–Crippen LogP) is 1.89. The molecule has 9 nitrogen and oxygen atoms in total. The third-order valence-corrected chi connectivity index (χ3v) is 4.47. The Labute approximate surface area is 164 Å². The summed E-state index contributed by atoms with van der Waals surface area (Å²) in [4.78, 5) is 16.4. The highest BCUT2D eigenvalue weighted by molar-refractivity contribution is 5.97.